The maximum absolute atomic E-state index is 13.7. The minimum Gasteiger partial charge on any atom is -0.497 e. The van der Waals surface area contributed by atoms with Crippen molar-refractivity contribution in [2.24, 2.45) is 0 Å². The molecular weight excluding hydrogens is 427 g/mol. The van der Waals surface area contributed by atoms with Crippen LogP contribution in [0.1, 0.15) is 36.5 Å². The first-order chi connectivity index (χ1) is 16.5. The van der Waals surface area contributed by atoms with Crippen LogP contribution in [0.15, 0.2) is 73.1 Å². The zero-order valence-electron chi connectivity index (χ0n) is 20.0. The van der Waals surface area contributed by atoms with Crippen molar-refractivity contribution in [3.05, 3.63) is 95.6 Å². The van der Waals surface area contributed by atoms with E-state index in [-0.39, 0.29) is 11.5 Å². The summed E-state index contributed by atoms with van der Waals surface area (Å²) in [4.78, 5) is 9.15. The zero-order chi connectivity index (χ0) is 23.7. The van der Waals surface area contributed by atoms with Crippen LogP contribution in [-0.4, -0.2) is 47.2 Å². The SMILES string of the molecule is COc1cccc(CN(C)CC2CCC3(C)NC(c4ccc(F)cc4)=C(c4ccncc4)N23)c1. The lowest BCUT2D eigenvalue weighted by Crippen LogP contribution is -2.49. The Bertz CT molecular complexity index is 1180. The molecule has 1 fully saturated rings. The predicted molar refractivity (Wildman–Crippen MR) is 133 cm³/mol. The van der Waals surface area contributed by atoms with E-state index in [1.807, 2.05) is 36.7 Å². The molecule has 0 aliphatic carbocycles. The number of likely N-dealkylation sites (N-methyl/N-ethyl adjacent to an activating group) is 1. The monoisotopic (exact) mass is 458 g/mol. The van der Waals surface area contributed by atoms with Crippen LogP contribution in [0, 0.1) is 5.82 Å². The van der Waals surface area contributed by atoms with Crippen molar-refractivity contribution in [3.63, 3.8) is 0 Å². The lowest BCUT2D eigenvalue weighted by molar-refractivity contribution is 0.161. The number of nitrogens with one attached hydrogen (secondary N) is 1. The number of fused-ring (bicyclic) bond motifs is 1. The Balaban J connectivity index is 1.46. The van der Waals surface area contributed by atoms with Crippen LogP contribution in [0.4, 0.5) is 4.39 Å². The van der Waals surface area contributed by atoms with Gasteiger partial charge in [0.1, 0.15) is 17.2 Å². The molecule has 2 atom stereocenters. The fourth-order valence-electron chi connectivity index (χ4n) is 5.40. The summed E-state index contributed by atoms with van der Waals surface area (Å²) in [6.45, 7) is 4.05. The molecule has 3 heterocycles. The normalized spacial score (nSPS) is 21.7. The van der Waals surface area contributed by atoms with Crippen molar-refractivity contribution in [1.82, 2.24) is 20.1 Å². The Labute approximate surface area is 200 Å². The third-order valence-electron chi connectivity index (χ3n) is 6.93. The molecule has 0 radical (unpaired) electrons. The Morgan fingerprint density at radius 2 is 1.88 bits per heavy atom. The Morgan fingerprint density at radius 3 is 2.62 bits per heavy atom. The Kier molecular flexibility index (Phi) is 6.00. The highest BCUT2D eigenvalue weighted by atomic mass is 19.1. The minimum absolute atomic E-state index is 0.191. The molecule has 0 bridgehead atoms. The summed E-state index contributed by atoms with van der Waals surface area (Å²) in [5, 5.41) is 3.81. The number of ether oxygens (including phenoxy) is 1. The number of rotatable bonds is 7. The molecule has 1 N–H and O–H groups in total. The Hall–Kier alpha value is -3.38. The topological polar surface area (TPSA) is 40.6 Å². The number of halogens is 1. The molecule has 5 rings (SSSR count). The maximum atomic E-state index is 13.7. The van der Waals surface area contributed by atoms with Gasteiger partial charge in [0.15, 0.2) is 0 Å². The number of nitrogens with zero attached hydrogens (tertiary/aromatic N) is 3. The molecule has 5 nitrogen and oxygen atoms in total. The van der Waals surface area contributed by atoms with Gasteiger partial charge >= 0.3 is 0 Å². The van der Waals surface area contributed by atoms with Crippen LogP contribution < -0.4 is 10.1 Å². The molecule has 0 spiro atoms. The van der Waals surface area contributed by atoms with Crippen molar-refractivity contribution < 1.29 is 9.13 Å². The second kappa shape index (κ2) is 9.11. The molecule has 2 aliphatic rings. The summed E-state index contributed by atoms with van der Waals surface area (Å²) in [5.41, 5.74) is 5.37. The first kappa shape index (κ1) is 22.4. The zero-order valence-corrected chi connectivity index (χ0v) is 20.0. The van der Waals surface area contributed by atoms with Crippen molar-refractivity contribution in [2.45, 2.75) is 38.0 Å². The van der Waals surface area contributed by atoms with Crippen molar-refractivity contribution in [1.29, 1.82) is 0 Å². The molecule has 0 amide bonds. The minimum atomic E-state index is -0.225. The smallest absolute Gasteiger partial charge is 0.123 e. The van der Waals surface area contributed by atoms with Crippen LogP contribution in [0.25, 0.3) is 11.4 Å². The second-order valence-corrected chi connectivity index (χ2v) is 9.48. The van der Waals surface area contributed by atoms with Gasteiger partial charge in [-0.3, -0.25) is 4.98 Å². The number of methoxy groups -OCH3 is 1. The fraction of sp³-hybridized carbons (Fsp3) is 0.321. The van der Waals surface area contributed by atoms with E-state index in [4.69, 9.17) is 4.74 Å². The highest BCUT2D eigenvalue weighted by Crippen LogP contribution is 2.47. The molecule has 6 heteroatoms. The largest absolute Gasteiger partial charge is 0.497 e. The van der Waals surface area contributed by atoms with Crippen molar-refractivity contribution in [3.8, 4) is 5.75 Å². The van der Waals surface area contributed by atoms with E-state index in [1.54, 1.807) is 7.11 Å². The van der Waals surface area contributed by atoms with E-state index in [2.05, 4.69) is 58.3 Å². The van der Waals surface area contributed by atoms with Crippen LogP contribution in [0.5, 0.6) is 5.75 Å². The van der Waals surface area contributed by atoms with Gasteiger partial charge in [0.05, 0.1) is 18.5 Å². The molecule has 176 valence electrons. The van der Waals surface area contributed by atoms with Gasteiger partial charge in [-0.1, -0.05) is 12.1 Å². The molecule has 1 saturated heterocycles. The summed E-state index contributed by atoms with van der Waals surface area (Å²) in [6, 6.07) is 19.5. The molecule has 2 aromatic carbocycles. The third-order valence-corrected chi connectivity index (χ3v) is 6.93. The van der Waals surface area contributed by atoms with E-state index in [9.17, 15) is 4.39 Å². The molecule has 2 aliphatic heterocycles. The summed E-state index contributed by atoms with van der Waals surface area (Å²) < 4.78 is 19.1. The van der Waals surface area contributed by atoms with Crippen LogP contribution in [-0.2, 0) is 6.54 Å². The summed E-state index contributed by atoms with van der Waals surface area (Å²) in [7, 11) is 3.88. The number of aromatic nitrogens is 1. The molecule has 2 unspecified atom stereocenters. The number of hydrogen-bond donors (Lipinski definition) is 1. The number of pyridine rings is 1. The fourth-order valence-corrected chi connectivity index (χ4v) is 5.40. The molecule has 0 saturated carbocycles. The van der Waals surface area contributed by atoms with Gasteiger partial charge in [-0.25, -0.2) is 4.39 Å². The average Bonchev–Trinajstić information content (AvgIpc) is 3.32. The van der Waals surface area contributed by atoms with E-state index >= 15 is 0 Å². The molecule has 3 aromatic rings. The number of benzene rings is 2. The van der Waals surface area contributed by atoms with Gasteiger partial charge in [-0.2, -0.15) is 0 Å². The van der Waals surface area contributed by atoms with Gasteiger partial charge in [-0.05, 0) is 80.9 Å². The van der Waals surface area contributed by atoms with Gasteiger partial charge in [0.25, 0.3) is 0 Å². The Morgan fingerprint density at radius 1 is 1.12 bits per heavy atom. The lowest BCUT2D eigenvalue weighted by atomic mass is 10.0. The quantitative estimate of drug-likeness (QED) is 0.541. The maximum Gasteiger partial charge on any atom is 0.123 e. The highest BCUT2D eigenvalue weighted by molar-refractivity contribution is 5.92. The molecule has 1 aromatic heterocycles. The van der Waals surface area contributed by atoms with Crippen LogP contribution in [0.3, 0.4) is 0 Å². The summed E-state index contributed by atoms with van der Waals surface area (Å²) >= 11 is 0. The third kappa shape index (κ3) is 4.26. The number of hydrogen-bond acceptors (Lipinski definition) is 5. The van der Waals surface area contributed by atoms with Gasteiger partial charge in [0, 0.05) is 42.7 Å². The standard InChI is InChI=1S/C28H31FN4O/c1-28-14-11-24(19-32(2)18-20-5-4-6-25(17-20)34-3)33(28)27(22-12-15-30-16-13-22)26(31-28)21-7-9-23(29)10-8-21/h4-10,12-13,15-17,24,31H,11,14,18-19H2,1-3H3. The van der Waals surface area contributed by atoms with Crippen LogP contribution in [0.2, 0.25) is 0 Å². The van der Waals surface area contributed by atoms with Gasteiger partial charge < -0.3 is 19.9 Å². The highest BCUT2D eigenvalue weighted by Gasteiger charge is 2.50. The van der Waals surface area contributed by atoms with Gasteiger partial charge in [0.2, 0.25) is 0 Å². The van der Waals surface area contributed by atoms with Crippen molar-refractivity contribution in [2.75, 3.05) is 20.7 Å². The van der Waals surface area contributed by atoms with E-state index < -0.39 is 0 Å². The van der Waals surface area contributed by atoms with E-state index in [0.717, 1.165) is 54.2 Å². The average molecular weight is 459 g/mol. The first-order valence-corrected chi connectivity index (χ1v) is 11.8. The first-order valence-electron chi connectivity index (χ1n) is 11.8. The molecular formula is C28H31FN4O. The van der Waals surface area contributed by atoms with E-state index in [0.29, 0.717) is 6.04 Å². The summed E-state index contributed by atoms with van der Waals surface area (Å²) in [5.74, 6) is 0.659. The predicted octanol–water partition coefficient (Wildman–Crippen LogP) is 4.97. The van der Waals surface area contributed by atoms with Crippen LogP contribution >= 0.6 is 0 Å². The molecule has 34 heavy (non-hydrogen) atoms. The van der Waals surface area contributed by atoms with Crippen molar-refractivity contribution >= 4 is 11.4 Å². The lowest BCUT2D eigenvalue weighted by Gasteiger charge is -2.37. The summed E-state index contributed by atoms with van der Waals surface area (Å²) in [6.07, 6.45) is 5.79. The van der Waals surface area contributed by atoms with E-state index in [1.165, 1.54) is 17.7 Å². The van der Waals surface area contributed by atoms with Gasteiger partial charge in [-0.15, -0.1) is 0 Å². The second-order valence-electron chi connectivity index (χ2n) is 9.48.